The highest BCUT2D eigenvalue weighted by Crippen LogP contribution is 2.31. The monoisotopic (exact) mass is 348 g/mol. The van der Waals surface area contributed by atoms with E-state index in [1.807, 2.05) is 12.1 Å². The summed E-state index contributed by atoms with van der Waals surface area (Å²) in [5, 5.41) is 5.85. The van der Waals surface area contributed by atoms with Gasteiger partial charge in [0.25, 0.3) is 5.91 Å². The SMILES string of the molecule is CC(C)CCCCCCNC(=O)c1ccc2c(c1)NC(=O)CCS2. The Kier molecular flexibility index (Phi) is 7.63. The molecular weight excluding hydrogens is 320 g/mol. The zero-order chi connectivity index (χ0) is 17.4. The van der Waals surface area contributed by atoms with Gasteiger partial charge in [0.15, 0.2) is 0 Å². The number of hydrogen-bond donors (Lipinski definition) is 2. The van der Waals surface area contributed by atoms with Crippen LogP contribution in [0.5, 0.6) is 0 Å². The fourth-order valence-corrected chi connectivity index (χ4v) is 3.63. The fraction of sp³-hybridized carbons (Fsp3) is 0.579. The average Bonchev–Trinajstić information content (AvgIpc) is 2.73. The summed E-state index contributed by atoms with van der Waals surface area (Å²) in [5.41, 5.74) is 1.36. The molecule has 4 nitrogen and oxygen atoms in total. The van der Waals surface area contributed by atoms with Crippen LogP contribution in [0.25, 0.3) is 0 Å². The van der Waals surface area contributed by atoms with Crippen molar-refractivity contribution in [3.63, 3.8) is 0 Å². The van der Waals surface area contributed by atoms with E-state index in [1.165, 1.54) is 19.3 Å². The zero-order valence-electron chi connectivity index (χ0n) is 14.7. The van der Waals surface area contributed by atoms with Crippen molar-refractivity contribution in [2.45, 2.75) is 57.3 Å². The van der Waals surface area contributed by atoms with E-state index in [-0.39, 0.29) is 11.8 Å². The first kappa shape index (κ1) is 18.8. The van der Waals surface area contributed by atoms with E-state index in [4.69, 9.17) is 0 Å². The molecule has 132 valence electrons. The average molecular weight is 349 g/mol. The molecule has 24 heavy (non-hydrogen) atoms. The summed E-state index contributed by atoms with van der Waals surface area (Å²) in [4.78, 5) is 24.9. The molecule has 1 aliphatic heterocycles. The number of benzene rings is 1. The van der Waals surface area contributed by atoms with Crippen LogP contribution in [-0.2, 0) is 4.79 Å². The standard InChI is InChI=1S/C19H28N2O2S/c1-14(2)7-5-3-4-6-11-20-19(23)15-8-9-17-16(13-15)21-18(22)10-12-24-17/h8-9,13-14H,3-7,10-12H2,1-2H3,(H,20,23)(H,21,22). The van der Waals surface area contributed by atoms with Gasteiger partial charge in [-0.1, -0.05) is 39.5 Å². The number of carbonyl (C=O) groups is 2. The maximum absolute atomic E-state index is 12.2. The third-order valence-electron chi connectivity index (χ3n) is 4.10. The molecule has 0 aromatic heterocycles. The molecule has 0 unspecified atom stereocenters. The van der Waals surface area contributed by atoms with Gasteiger partial charge in [-0.15, -0.1) is 11.8 Å². The molecule has 0 saturated heterocycles. The number of thioether (sulfide) groups is 1. The Hall–Kier alpha value is -1.49. The molecule has 0 fully saturated rings. The van der Waals surface area contributed by atoms with Gasteiger partial charge in [0.2, 0.25) is 5.91 Å². The van der Waals surface area contributed by atoms with Gasteiger partial charge < -0.3 is 10.6 Å². The van der Waals surface area contributed by atoms with Crippen molar-refractivity contribution >= 4 is 29.3 Å². The second kappa shape index (κ2) is 9.72. The van der Waals surface area contributed by atoms with Crippen molar-refractivity contribution < 1.29 is 9.59 Å². The highest BCUT2D eigenvalue weighted by molar-refractivity contribution is 7.99. The van der Waals surface area contributed by atoms with Crippen LogP contribution in [-0.4, -0.2) is 24.1 Å². The molecule has 0 aliphatic carbocycles. The van der Waals surface area contributed by atoms with Crippen LogP contribution < -0.4 is 10.6 Å². The maximum atomic E-state index is 12.2. The van der Waals surface area contributed by atoms with E-state index in [2.05, 4.69) is 24.5 Å². The fourth-order valence-electron chi connectivity index (χ4n) is 2.70. The second-order valence-electron chi connectivity index (χ2n) is 6.71. The maximum Gasteiger partial charge on any atom is 0.251 e. The summed E-state index contributed by atoms with van der Waals surface area (Å²) in [6, 6.07) is 5.54. The minimum atomic E-state index is -0.0662. The second-order valence-corrected chi connectivity index (χ2v) is 7.85. The molecule has 0 radical (unpaired) electrons. The minimum Gasteiger partial charge on any atom is -0.352 e. The van der Waals surface area contributed by atoms with Crippen molar-refractivity contribution in [3.05, 3.63) is 23.8 Å². The van der Waals surface area contributed by atoms with Gasteiger partial charge >= 0.3 is 0 Å². The van der Waals surface area contributed by atoms with Gasteiger partial charge in [0.1, 0.15) is 0 Å². The molecule has 2 rings (SSSR count). The Morgan fingerprint density at radius 3 is 2.83 bits per heavy atom. The molecule has 1 heterocycles. The van der Waals surface area contributed by atoms with Gasteiger partial charge in [-0.05, 0) is 30.5 Å². The third-order valence-corrected chi connectivity index (χ3v) is 5.17. The predicted molar refractivity (Wildman–Crippen MR) is 101 cm³/mol. The lowest BCUT2D eigenvalue weighted by Crippen LogP contribution is -2.24. The third kappa shape index (κ3) is 6.19. The van der Waals surface area contributed by atoms with Crippen LogP contribution in [0.1, 0.15) is 62.7 Å². The number of unbranched alkanes of at least 4 members (excludes halogenated alkanes) is 3. The summed E-state index contributed by atoms with van der Waals surface area (Å²) in [7, 11) is 0. The van der Waals surface area contributed by atoms with Crippen LogP contribution in [0.2, 0.25) is 0 Å². The Balaban J connectivity index is 1.75. The van der Waals surface area contributed by atoms with E-state index < -0.39 is 0 Å². The molecule has 5 heteroatoms. The van der Waals surface area contributed by atoms with Crippen molar-refractivity contribution in [1.82, 2.24) is 5.32 Å². The van der Waals surface area contributed by atoms with Crippen molar-refractivity contribution in [3.8, 4) is 0 Å². The summed E-state index contributed by atoms with van der Waals surface area (Å²) in [6.07, 6.45) is 6.47. The van der Waals surface area contributed by atoms with E-state index in [0.717, 1.165) is 35.1 Å². The molecule has 2 N–H and O–H groups in total. The number of fused-ring (bicyclic) bond motifs is 1. The first-order chi connectivity index (χ1) is 11.6. The molecule has 1 aliphatic rings. The topological polar surface area (TPSA) is 58.2 Å². The molecular formula is C19H28N2O2S. The van der Waals surface area contributed by atoms with Crippen molar-refractivity contribution in [2.75, 3.05) is 17.6 Å². The molecule has 0 saturated carbocycles. The van der Waals surface area contributed by atoms with Crippen LogP contribution >= 0.6 is 11.8 Å². The lowest BCUT2D eigenvalue weighted by Gasteiger charge is -2.10. The number of amides is 2. The zero-order valence-corrected chi connectivity index (χ0v) is 15.5. The van der Waals surface area contributed by atoms with Gasteiger partial charge in [-0.2, -0.15) is 0 Å². The molecule has 0 bridgehead atoms. The smallest absolute Gasteiger partial charge is 0.251 e. The molecule has 0 spiro atoms. The van der Waals surface area contributed by atoms with E-state index in [0.29, 0.717) is 18.5 Å². The first-order valence-electron chi connectivity index (χ1n) is 8.91. The normalized spacial score (nSPS) is 14.0. The Morgan fingerprint density at radius 2 is 2.04 bits per heavy atom. The summed E-state index contributed by atoms with van der Waals surface area (Å²) in [5.74, 6) is 1.50. The Labute approximate surface area is 149 Å². The lowest BCUT2D eigenvalue weighted by molar-refractivity contribution is -0.115. The van der Waals surface area contributed by atoms with E-state index in [9.17, 15) is 9.59 Å². The largest absolute Gasteiger partial charge is 0.352 e. The summed E-state index contributed by atoms with van der Waals surface area (Å²) >= 11 is 1.65. The van der Waals surface area contributed by atoms with Gasteiger partial charge in [0, 0.05) is 29.2 Å². The number of hydrogen-bond acceptors (Lipinski definition) is 3. The van der Waals surface area contributed by atoms with E-state index >= 15 is 0 Å². The van der Waals surface area contributed by atoms with Crippen LogP contribution in [0.15, 0.2) is 23.1 Å². The predicted octanol–water partition coefficient (Wildman–Crippen LogP) is 4.46. The summed E-state index contributed by atoms with van der Waals surface area (Å²) in [6.45, 7) is 5.21. The van der Waals surface area contributed by atoms with Crippen LogP contribution in [0.3, 0.4) is 0 Å². The van der Waals surface area contributed by atoms with Gasteiger partial charge in [-0.25, -0.2) is 0 Å². The minimum absolute atomic E-state index is 0.0141. The number of anilines is 1. The lowest BCUT2D eigenvalue weighted by atomic mass is 10.0. The van der Waals surface area contributed by atoms with Gasteiger partial charge in [0.05, 0.1) is 5.69 Å². The highest BCUT2D eigenvalue weighted by atomic mass is 32.2. The summed E-state index contributed by atoms with van der Waals surface area (Å²) < 4.78 is 0. The number of rotatable bonds is 8. The Morgan fingerprint density at radius 1 is 1.25 bits per heavy atom. The van der Waals surface area contributed by atoms with Gasteiger partial charge in [-0.3, -0.25) is 9.59 Å². The molecule has 2 amide bonds. The highest BCUT2D eigenvalue weighted by Gasteiger charge is 2.15. The number of nitrogens with one attached hydrogen (secondary N) is 2. The molecule has 1 aromatic carbocycles. The quantitative estimate of drug-likeness (QED) is 0.682. The molecule has 0 atom stereocenters. The van der Waals surface area contributed by atoms with Crippen LogP contribution in [0, 0.1) is 5.92 Å². The van der Waals surface area contributed by atoms with Crippen LogP contribution in [0.4, 0.5) is 5.69 Å². The van der Waals surface area contributed by atoms with Crippen molar-refractivity contribution in [1.29, 1.82) is 0 Å². The number of carbonyl (C=O) groups excluding carboxylic acids is 2. The van der Waals surface area contributed by atoms with E-state index in [1.54, 1.807) is 17.8 Å². The van der Waals surface area contributed by atoms with Crippen molar-refractivity contribution in [2.24, 2.45) is 5.92 Å². The first-order valence-corrected chi connectivity index (χ1v) is 9.89. The Bertz CT molecular complexity index is 572. The molecule has 1 aromatic rings.